The summed E-state index contributed by atoms with van der Waals surface area (Å²) in [6, 6.07) is 3.77. The SMILES string of the molecule is C=S(C)(=O)c1ccc(C(C)(C)C)nc1. The standard InChI is InChI=1S/C11H17NOS/c1-11(2,3)10-7-6-9(8-12-10)14(4,5)13/h6-8H,4H2,1-3,5H3. The second-order valence-electron chi connectivity index (χ2n) is 4.63. The summed E-state index contributed by atoms with van der Waals surface area (Å²) in [4.78, 5) is 5.01. The van der Waals surface area contributed by atoms with Crippen LogP contribution in [0.15, 0.2) is 23.2 Å². The highest BCUT2D eigenvalue weighted by atomic mass is 32.2. The van der Waals surface area contributed by atoms with Crippen LogP contribution in [0.2, 0.25) is 0 Å². The van der Waals surface area contributed by atoms with Crippen LogP contribution >= 0.6 is 0 Å². The summed E-state index contributed by atoms with van der Waals surface area (Å²) in [5.41, 5.74) is 1.04. The normalized spacial score (nSPS) is 16.3. The van der Waals surface area contributed by atoms with Crippen LogP contribution < -0.4 is 0 Å². The van der Waals surface area contributed by atoms with Crippen LogP contribution in [0.4, 0.5) is 0 Å². The molecule has 0 saturated carbocycles. The molecule has 0 aliphatic rings. The zero-order valence-electron chi connectivity index (χ0n) is 9.20. The van der Waals surface area contributed by atoms with Crippen molar-refractivity contribution in [1.82, 2.24) is 4.98 Å². The number of hydrogen-bond acceptors (Lipinski definition) is 2. The van der Waals surface area contributed by atoms with Gasteiger partial charge in [0.05, 0.1) is 0 Å². The average molecular weight is 211 g/mol. The Morgan fingerprint density at radius 2 is 1.93 bits per heavy atom. The summed E-state index contributed by atoms with van der Waals surface area (Å²) in [6.07, 6.45) is 3.29. The van der Waals surface area contributed by atoms with Crippen molar-refractivity contribution in [2.24, 2.45) is 0 Å². The monoisotopic (exact) mass is 211 g/mol. The maximum atomic E-state index is 11.6. The van der Waals surface area contributed by atoms with E-state index in [4.69, 9.17) is 0 Å². The summed E-state index contributed by atoms with van der Waals surface area (Å²) in [5.74, 6) is 3.62. The van der Waals surface area contributed by atoms with Crippen molar-refractivity contribution in [3.05, 3.63) is 24.0 Å². The Hall–Kier alpha value is -0.830. The Morgan fingerprint density at radius 1 is 1.36 bits per heavy atom. The molecule has 0 aliphatic carbocycles. The lowest BCUT2D eigenvalue weighted by Gasteiger charge is -2.17. The second-order valence-corrected chi connectivity index (χ2v) is 7.12. The van der Waals surface area contributed by atoms with Gasteiger partial charge in [-0.2, -0.15) is 0 Å². The van der Waals surface area contributed by atoms with Crippen molar-refractivity contribution in [1.29, 1.82) is 0 Å². The molecule has 14 heavy (non-hydrogen) atoms. The maximum Gasteiger partial charge on any atom is 0.0485 e. The van der Waals surface area contributed by atoms with Crippen molar-refractivity contribution >= 4 is 15.4 Å². The quantitative estimate of drug-likeness (QED) is 0.666. The number of rotatable bonds is 1. The molecule has 0 saturated heterocycles. The molecule has 1 aromatic heterocycles. The number of nitrogens with zero attached hydrogens (tertiary/aromatic N) is 1. The molecule has 0 aromatic carbocycles. The Morgan fingerprint density at radius 3 is 2.21 bits per heavy atom. The first-order valence-corrected chi connectivity index (χ1v) is 6.63. The molecule has 78 valence electrons. The molecule has 1 atom stereocenters. The molecule has 0 radical (unpaired) electrons. The first-order chi connectivity index (χ1) is 6.21. The number of aromatic nitrogens is 1. The van der Waals surface area contributed by atoms with Gasteiger partial charge in [0.2, 0.25) is 0 Å². The van der Waals surface area contributed by atoms with E-state index in [-0.39, 0.29) is 5.41 Å². The van der Waals surface area contributed by atoms with E-state index < -0.39 is 9.52 Å². The van der Waals surface area contributed by atoms with E-state index in [2.05, 4.69) is 31.6 Å². The average Bonchev–Trinajstić information content (AvgIpc) is 2.01. The minimum Gasteiger partial charge on any atom is -0.263 e. The minimum absolute atomic E-state index is 0.0360. The summed E-state index contributed by atoms with van der Waals surface area (Å²) in [5, 5.41) is 0. The zero-order chi connectivity index (χ0) is 11.0. The van der Waals surface area contributed by atoms with Crippen LogP contribution in [0.1, 0.15) is 26.5 Å². The molecule has 0 bridgehead atoms. The van der Waals surface area contributed by atoms with Gasteiger partial charge in [0.1, 0.15) is 0 Å². The van der Waals surface area contributed by atoms with Crippen LogP contribution in [0, 0.1) is 0 Å². The molecule has 1 heterocycles. The largest absolute Gasteiger partial charge is 0.263 e. The fourth-order valence-electron chi connectivity index (χ4n) is 1.08. The van der Waals surface area contributed by atoms with E-state index in [1.807, 2.05) is 12.1 Å². The fraction of sp³-hybridized carbons (Fsp3) is 0.455. The predicted molar refractivity (Wildman–Crippen MR) is 62.4 cm³/mol. The summed E-state index contributed by atoms with van der Waals surface area (Å²) in [7, 11) is -2.13. The number of hydrogen-bond donors (Lipinski definition) is 0. The molecule has 1 unspecified atom stereocenters. The van der Waals surface area contributed by atoms with Gasteiger partial charge in [0.15, 0.2) is 0 Å². The van der Waals surface area contributed by atoms with Gasteiger partial charge < -0.3 is 0 Å². The highest BCUT2D eigenvalue weighted by Gasteiger charge is 2.15. The third-order valence-electron chi connectivity index (χ3n) is 2.00. The van der Waals surface area contributed by atoms with Crippen LogP contribution in [0.5, 0.6) is 0 Å². The molecular formula is C11H17NOS. The van der Waals surface area contributed by atoms with E-state index in [9.17, 15) is 4.21 Å². The predicted octanol–water partition coefficient (Wildman–Crippen LogP) is 2.08. The molecule has 3 heteroatoms. The Labute approximate surface area is 86.4 Å². The van der Waals surface area contributed by atoms with Crippen molar-refractivity contribution in [3.63, 3.8) is 0 Å². The highest BCUT2D eigenvalue weighted by molar-refractivity contribution is 7.99. The lowest BCUT2D eigenvalue weighted by Crippen LogP contribution is -2.13. The van der Waals surface area contributed by atoms with Crippen molar-refractivity contribution in [3.8, 4) is 0 Å². The Kier molecular flexibility index (Phi) is 2.72. The summed E-state index contributed by atoms with van der Waals surface area (Å²) in [6.45, 7) is 6.30. The first-order valence-electron chi connectivity index (χ1n) is 4.50. The molecular weight excluding hydrogens is 194 g/mol. The van der Waals surface area contributed by atoms with E-state index in [1.165, 1.54) is 0 Å². The van der Waals surface area contributed by atoms with Gasteiger partial charge in [-0.15, -0.1) is 0 Å². The van der Waals surface area contributed by atoms with Crippen molar-refractivity contribution in [2.45, 2.75) is 31.1 Å². The second kappa shape index (κ2) is 3.39. The maximum absolute atomic E-state index is 11.6. The topological polar surface area (TPSA) is 30.0 Å². The van der Waals surface area contributed by atoms with Gasteiger partial charge in [0.25, 0.3) is 0 Å². The van der Waals surface area contributed by atoms with Gasteiger partial charge in [-0.1, -0.05) is 20.8 Å². The Balaban J connectivity index is 3.14. The van der Waals surface area contributed by atoms with Crippen molar-refractivity contribution in [2.75, 3.05) is 6.26 Å². The first kappa shape index (κ1) is 11.2. The fourth-order valence-corrected chi connectivity index (χ4v) is 1.71. The zero-order valence-corrected chi connectivity index (χ0v) is 10.0. The Bertz CT molecular complexity index is 410. The van der Waals surface area contributed by atoms with E-state index in [0.717, 1.165) is 5.69 Å². The van der Waals surface area contributed by atoms with E-state index in [1.54, 1.807) is 12.5 Å². The minimum atomic E-state index is -2.13. The summed E-state index contributed by atoms with van der Waals surface area (Å²) >= 11 is 0. The van der Waals surface area contributed by atoms with Crippen molar-refractivity contribution < 1.29 is 4.21 Å². The van der Waals surface area contributed by atoms with E-state index >= 15 is 0 Å². The highest BCUT2D eigenvalue weighted by Crippen LogP contribution is 2.20. The molecule has 1 aromatic rings. The third kappa shape index (κ3) is 2.58. The molecule has 0 amide bonds. The van der Waals surface area contributed by atoms with Crippen LogP contribution in [-0.2, 0) is 14.9 Å². The molecule has 2 nitrogen and oxygen atoms in total. The third-order valence-corrected chi connectivity index (χ3v) is 3.24. The molecule has 0 aliphatic heterocycles. The van der Waals surface area contributed by atoms with Gasteiger partial charge >= 0.3 is 0 Å². The molecule has 0 fully saturated rings. The van der Waals surface area contributed by atoms with Gasteiger partial charge in [-0.25, -0.2) is 0 Å². The lowest BCUT2D eigenvalue weighted by molar-refractivity contribution is 0.567. The van der Waals surface area contributed by atoms with Crippen LogP contribution in [-0.4, -0.2) is 21.3 Å². The smallest absolute Gasteiger partial charge is 0.0485 e. The van der Waals surface area contributed by atoms with Gasteiger partial charge in [-0.05, 0) is 27.5 Å². The molecule has 1 rings (SSSR count). The lowest BCUT2D eigenvalue weighted by atomic mass is 9.92. The number of pyridine rings is 1. The van der Waals surface area contributed by atoms with Gasteiger partial charge in [-0.3, -0.25) is 9.19 Å². The van der Waals surface area contributed by atoms with Crippen LogP contribution in [0.25, 0.3) is 0 Å². The van der Waals surface area contributed by atoms with E-state index in [0.29, 0.717) is 4.90 Å². The van der Waals surface area contributed by atoms with Crippen LogP contribution in [0.3, 0.4) is 0 Å². The van der Waals surface area contributed by atoms with Gasteiger partial charge in [0, 0.05) is 28.5 Å². The summed E-state index contributed by atoms with van der Waals surface area (Å²) < 4.78 is 11.6. The molecule has 0 N–H and O–H groups in total. The molecule has 0 spiro atoms.